The van der Waals surface area contributed by atoms with Gasteiger partial charge in [-0.15, -0.1) is 11.3 Å². The summed E-state index contributed by atoms with van der Waals surface area (Å²) in [6.45, 7) is 2.56. The summed E-state index contributed by atoms with van der Waals surface area (Å²) in [5.41, 5.74) is 0.883. The monoisotopic (exact) mass is 397 g/mol. The zero-order valence-electron chi connectivity index (χ0n) is 15.3. The van der Waals surface area contributed by atoms with E-state index in [0.29, 0.717) is 29.6 Å². The molecular weight excluding hydrogens is 378 g/mol. The zero-order valence-corrected chi connectivity index (χ0v) is 16.1. The van der Waals surface area contributed by atoms with E-state index in [9.17, 15) is 9.59 Å². The third-order valence-electron chi connectivity index (χ3n) is 4.40. The van der Waals surface area contributed by atoms with E-state index in [0.717, 1.165) is 15.6 Å². The van der Waals surface area contributed by atoms with Crippen molar-refractivity contribution in [1.82, 2.24) is 5.32 Å². The van der Waals surface area contributed by atoms with E-state index >= 15 is 0 Å². The Kier molecular flexibility index (Phi) is 5.16. The highest BCUT2D eigenvalue weighted by Gasteiger charge is 2.17. The lowest BCUT2D eigenvalue weighted by Gasteiger charge is -2.21. The number of hydrogen-bond donors (Lipinski definition) is 1. The number of hydrogen-bond acceptors (Lipinski definition) is 6. The topological polar surface area (TPSA) is 73.9 Å². The molecule has 144 valence electrons. The molecule has 1 aliphatic rings. The largest absolute Gasteiger partial charge is 0.486 e. The number of benzene rings is 2. The second kappa shape index (κ2) is 7.90. The Morgan fingerprint density at radius 3 is 2.71 bits per heavy atom. The van der Waals surface area contributed by atoms with Crippen LogP contribution in [0.1, 0.15) is 28.2 Å². The Hall–Kier alpha value is -3.06. The van der Waals surface area contributed by atoms with Crippen LogP contribution in [0.15, 0.2) is 48.5 Å². The predicted molar refractivity (Wildman–Crippen MR) is 106 cm³/mol. The molecule has 0 radical (unpaired) electrons. The van der Waals surface area contributed by atoms with Gasteiger partial charge in [0.05, 0.1) is 6.04 Å². The van der Waals surface area contributed by atoms with Crippen molar-refractivity contribution >= 4 is 33.3 Å². The van der Waals surface area contributed by atoms with Crippen LogP contribution in [0.3, 0.4) is 0 Å². The summed E-state index contributed by atoms with van der Waals surface area (Å²) in [6, 6.07) is 14.8. The van der Waals surface area contributed by atoms with Gasteiger partial charge in [-0.25, -0.2) is 4.79 Å². The minimum absolute atomic E-state index is 0.258. The Bertz CT molecular complexity index is 996. The number of esters is 1. The van der Waals surface area contributed by atoms with Crippen molar-refractivity contribution in [3.63, 3.8) is 0 Å². The van der Waals surface area contributed by atoms with Crippen LogP contribution < -0.4 is 14.8 Å². The molecule has 2 aromatic carbocycles. The van der Waals surface area contributed by atoms with Gasteiger partial charge in [0.2, 0.25) is 0 Å². The number of thiophene rings is 1. The SMILES string of the molecule is C[C@@H](NC(=O)COC(=O)c1cc2ccccc2s1)c1ccc2c(c1)OCCO2. The fourth-order valence-electron chi connectivity index (χ4n) is 2.98. The first-order valence-corrected chi connectivity index (χ1v) is 9.76. The first-order chi connectivity index (χ1) is 13.6. The van der Waals surface area contributed by atoms with E-state index in [2.05, 4.69) is 5.32 Å². The van der Waals surface area contributed by atoms with Crippen molar-refractivity contribution in [3.8, 4) is 11.5 Å². The summed E-state index contributed by atoms with van der Waals surface area (Å²) in [7, 11) is 0. The summed E-state index contributed by atoms with van der Waals surface area (Å²) >= 11 is 1.35. The standard InChI is InChI=1S/C21H19NO5S/c1-13(14-6-7-16-17(10-14)26-9-8-25-16)22-20(23)12-27-21(24)19-11-15-4-2-3-5-18(15)28-19/h2-7,10-11,13H,8-9,12H2,1H3,(H,22,23)/t13-/m1/s1. The van der Waals surface area contributed by atoms with Crippen LogP contribution in [-0.4, -0.2) is 31.7 Å². The third-order valence-corrected chi connectivity index (χ3v) is 5.50. The van der Waals surface area contributed by atoms with Crippen molar-refractivity contribution in [1.29, 1.82) is 0 Å². The first kappa shape index (κ1) is 18.3. The lowest BCUT2D eigenvalue weighted by atomic mass is 10.1. The van der Waals surface area contributed by atoms with E-state index in [1.807, 2.05) is 49.4 Å². The summed E-state index contributed by atoms with van der Waals surface area (Å²) in [5.74, 6) is 0.506. The van der Waals surface area contributed by atoms with Gasteiger partial charge < -0.3 is 19.5 Å². The fourth-order valence-corrected chi connectivity index (χ4v) is 3.94. The molecule has 0 unspecified atom stereocenters. The molecule has 28 heavy (non-hydrogen) atoms. The average Bonchev–Trinajstić information content (AvgIpc) is 3.16. The molecule has 0 aliphatic carbocycles. The van der Waals surface area contributed by atoms with Crippen molar-refractivity contribution < 1.29 is 23.8 Å². The lowest BCUT2D eigenvalue weighted by Crippen LogP contribution is -2.31. The van der Waals surface area contributed by atoms with Gasteiger partial charge in [0.25, 0.3) is 5.91 Å². The molecule has 4 rings (SSSR count). The van der Waals surface area contributed by atoms with Gasteiger partial charge in [-0.05, 0) is 42.1 Å². The van der Waals surface area contributed by atoms with Gasteiger partial charge in [-0.2, -0.15) is 0 Å². The maximum absolute atomic E-state index is 12.2. The Morgan fingerprint density at radius 2 is 1.89 bits per heavy atom. The van der Waals surface area contributed by atoms with Crippen molar-refractivity contribution in [2.75, 3.05) is 19.8 Å². The highest BCUT2D eigenvalue weighted by molar-refractivity contribution is 7.20. The molecule has 3 aromatic rings. The predicted octanol–water partition coefficient (Wildman–Crippen LogP) is 3.71. The van der Waals surface area contributed by atoms with Crippen molar-refractivity contribution in [3.05, 3.63) is 59.0 Å². The van der Waals surface area contributed by atoms with Crippen LogP contribution in [0.5, 0.6) is 11.5 Å². The quantitative estimate of drug-likeness (QED) is 0.665. The molecule has 0 fully saturated rings. The minimum atomic E-state index is -0.497. The van der Waals surface area contributed by atoms with Gasteiger partial charge in [0.15, 0.2) is 18.1 Å². The second-order valence-electron chi connectivity index (χ2n) is 6.42. The van der Waals surface area contributed by atoms with E-state index in [4.69, 9.17) is 14.2 Å². The molecule has 1 aliphatic heterocycles. The number of nitrogens with one attached hydrogen (secondary N) is 1. The molecule has 1 aromatic heterocycles. The maximum atomic E-state index is 12.2. The molecule has 1 N–H and O–H groups in total. The van der Waals surface area contributed by atoms with E-state index in [1.165, 1.54) is 11.3 Å². The summed E-state index contributed by atoms with van der Waals surface area (Å²) < 4.78 is 17.2. The highest BCUT2D eigenvalue weighted by atomic mass is 32.1. The number of fused-ring (bicyclic) bond motifs is 2. The number of carbonyl (C=O) groups excluding carboxylic acids is 2. The maximum Gasteiger partial charge on any atom is 0.348 e. The molecule has 2 heterocycles. The van der Waals surface area contributed by atoms with Crippen LogP contribution >= 0.6 is 11.3 Å². The smallest absolute Gasteiger partial charge is 0.348 e. The van der Waals surface area contributed by atoms with Gasteiger partial charge in [0.1, 0.15) is 18.1 Å². The summed E-state index contributed by atoms with van der Waals surface area (Å²) in [4.78, 5) is 24.9. The fraction of sp³-hybridized carbons (Fsp3) is 0.238. The van der Waals surface area contributed by atoms with Gasteiger partial charge in [-0.1, -0.05) is 24.3 Å². The molecule has 0 saturated carbocycles. The average molecular weight is 397 g/mol. The molecular formula is C21H19NO5S. The minimum Gasteiger partial charge on any atom is -0.486 e. The van der Waals surface area contributed by atoms with E-state index < -0.39 is 5.97 Å². The van der Waals surface area contributed by atoms with Crippen molar-refractivity contribution in [2.45, 2.75) is 13.0 Å². The zero-order chi connectivity index (χ0) is 19.5. The third kappa shape index (κ3) is 3.94. The molecule has 0 spiro atoms. The molecule has 6 nitrogen and oxygen atoms in total. The molecule has 0 saturated heterocycles. The number of amides is 1. The van der Waals surface area contributed by atoms with E-state index in [-0.39, 0.29) is 18.6 Å². The van der Waals surface area contributed by atoms with Crippen LogP contribution in [0, 0.1) is 0 Å². The lowest BCUT2D eigenvalue weighted by molar-refractivity contribution is -0.124. The van der Waals surface area contributed by atoms with Gasteiger partial charge in [-0.3, -0.25) is 4.79 Å². The van der Waals surface area contributed by atoms with Crippen LogP contribution in [0.2, 0.25) is 0 Å². The number of rotatable bonds is 5. The van der Waals surface area contributed by atoms with Crippen molar-refractivity contribution in [2.24, 2.45) is 0 Å². The summed E-state index contributed by atoms with van der Waals surface area (Å²) in [6.07, 6.45) is 0. The molecule has 7 heteroatoms. The molecule has 1 atom stereocenters. The normalized spacial score (nSPS) is 13.8. The Morgan fingerprint density at radius 1 is 1.11 bits per heavy atom. The van der Waals surface area contributed by atoms with E-state index in [1.54, 1.807) is 6.07 Å². The molecule has 1 amide bonds. The Balaban J connectivity index is 1.33. The summed E-state index contributed by atoms with van der Waals surface area (Å²) in [5, 5.41) is 3.81. The van der Waals surface area contributed by atoms with Gasteiger partial charge in [0, 0.05) is 4.70 Å². The molecule has 0 bridgehead atoms. The second-order valence-corrected chi connectivity index (χ2v) is 7.50. The first-order valence-electron chi connectivity index (χ1n) is 8.95. The number of ether oxygens (including phenoxy) is 3. The highest BCUT2D eigenvalue weighted by Crippen LogP contribution is 2.32. The van der Waals surface area contributed by atoms with Gasteiger partial charge >= 0.3 is 5.97 Å². The van der Waals surface area contributed by atoms with Crippen LogP contribution in [0.4, 0.5) is 0 Å². The Labute approximate surface area is 166 Å². The van der Waals surface area contributed by atoms with Crippen LogP contribution in [-0.2, 0) is 9.53 Å². The number of carbonyl (C=O) groups is 2. The van der Waals surface area contributed by atoms with Crippen LogP contribution in [0.25, 0.3) is 10.1 Å².